The molecule has 0 fully saturated rings. The van der Waals surface area contributed by atoms with Crippen molar-refractivity contribution in [3.8, 4) is 11.3 Å². The van der Waals surface area contributed by atoms with E-state index in [1.54, 1.807) is 12.4 Å². The highest BCUT2D eigenvalue weighted by Crippen LogP contribution is 2.26. The third kappa shape index (κ3) is 1.89. The molecule has 4 heteroatoms. The van der Waals surface area contributed by atoms with E-state index in [-0.39, 0.29) is 0 Å². The number of benzene rings is 1. The summed E-state index contributed by atoms with van der Waals surface area (Å²) >= 11 is 5.98. The van der Waals surface area contributed by atoms with Crippen molar-refractivity contribution in [2.24, 2.45) is 0 Å². The van der Waals surface area contributed by atoms with Crippen molar-refractivity contribution in [1.29, 1.82) is 0 Å². The van der Waals surface area contributed by atoms with Gasteiger partial charge in [0.05, 0.1) is 5.69 Å². The first-order valence-electron chi connectivity index (χ1n) is 5.50. The van der Waals surface area contributed by atoms with E-state index in [1.165, 1.54) is 0 Å². The van der Waals surface area contributed by atoms with Gasteiger partial charge in [0.15, 0.2) is 0 Å². The molecule has 3 rings (SSSR count). The largest absolute Gasteiger partial charge is 0.383 e. The zero-order valence-corrected chi connectivity index (χ0v) is 10.2. The number of aromatic nitrogens is 2. The Bertz CT molecular complexity index is 725. The zero-order valence-electron chi connectivity index (χ0n) is 9.47. The molecule has 0 saturated heterocycles. The molecule has 2 N–H and O–H groups in total. The van der Waals surface area contributed by atoms with Crippen LogP contribution in [0.4, 0.5) is 5.82 Å². The van der Waals surface area contributed by atoms with Gasteiger partial charge in [-0.15, -0.1) is 0 Å². The van der Waals surface area contributed by atoms with Crippen molar-refractivity contribution in [3.63, 3.8) is 0 Å². The van der Waals surface area contributed by atoms with Crippen molar-refractivity contribution in [2.45, 2.75) is 0 Å². The summed E-state index contributed by atoms with van der Waals surface area (Å²) in [7, 11) is 0. The average Bonchev–Trinajstić information content (AvgIpc) is 2.39. The van der Waals surface area contributed by atoms with Crippen molar-refractivity contribution < 1.29 is 0 Å². The van der Waals surface area contributed by atoms with Crippen molar-refractivity contribution in [2.75, 3.05) is 5.73 Å². The fraction of sp³-hybridized carbons (Fsp3) is 0. The molecule has 2 aromatic heterocycles. The van der Waals surface area contributed by atoms with Gasteiger partial charge in [-0.2, -0.15) is 0 Å². The van der Waals surface area contributed by atoms with Gasteiger partial charge < -0.3 is 5.73 Å². The van der Waals surface area contributed by atoms with Gasteiger partial charge in [-0.05, 0) is 29.7 Å². The lowest BCUT2D eigenvalue weighted by Gasteiger charge is -2.06. The molecule has 0 saturated carbocycles. The van der Waals surface area contributed by atoms with Crippen molar-refractivity contribution >= 4 is 28.2 Å². The van der Waals surface area contributed by atoms with Gasteiger partial charge in [0.1, 0.15) is 5.82 Å². The highest BCUT2D eigenvalue weighted by atomic mass is 35.5. The fourth-order valence-corrected chi connectivity index (χ4v) is 2.10. The van der Waals surface area contributed by atoms with E-state index >= 15 is 0 Å². The summed E-state index contributed by atoms with van der Waals surface area (Å²) in [5.74, 6) is 0.482. The first kappa shape index (κ1) is 11.0. The number of nitrogens with two attached hydrogens (primary N) is 1. The molecule has 0 bridgehead atoms. The molecule has 2 heterocycles. The van der Waals surface area contributed by atoms with E-state index in [9.17, 15) is 0 Å². The summed E-state index contributed by atoms with van der Waals surface area (Å²) in [6.07, 6.45) is 3.46. The highest BCUT2D eigenvalue weighted by molar-refractivity contribution is 6.30. The number of fused-ring (bicyclic) bond motifs is 1. The van der Waals surface area contributed by atoms with Crippen LogP contribution in [0, 0.1) is 0 Å². The highest BCUT2D eigenvalue weighted by Gasteiger charge is 2.05. The van der Waals surface area contributed by atoms with E-state index in [0.717, 1.165) is 22.0 Å². The number of nitrogen functional groups attached to an aromatic ring is 1. The molecular formula is C14H10ClN3. The van der Waals surface area contributed by atoms with E-state index in [0.29, 0.717) is 10.8 Å². The van der Waals surface area contributed by atoms with Crippen LogP contribution in [0.5, 0.6) is 0 Å². The molecule has 0 aliphatic heterocycles. The standard InChI is InChI=1S/C14H10ClN3/c15-11-3-1-2-10(6-11)13-7-9-4-5-17-8-12(9)14(16)18-13/h1-8H,(H2,16,18). The van der Waals surface area contributed by atoms with Gasteiger partial charge in [0.25, 0.3) is 0 Å². The van der Waals surface area contributed by atoms with Gasteiger partial charge in [-0.25, -0.2) is 4.98 Å². The lowest BCUT2D eigenvalue weighted by molar-refractivity contribution is 1.32. The van der Waals surface area contributed by atoms with Gasteiger partial charge in [-0.1, -0.05) is 23.7 Å². The predicted octanol–water partition coefficient (Wildman–Crippen LogP) is 3.53. The second kappa shape index (κ2) is 4.27. The minimum Gasteiger partial charge on any atom is -0.383 e. The SMILES string of the molecule is Nc1nc(-c2cccc(Cl)c2)cc2ccncc12. The maximum Gasteiger partial charge on any atom is 0.133 e. The van der Waals surface area contributed by atoms with Crippen molar-refractivity contribution in [1.82, 2.24) is 9.97 Å². The van der Waals surface area contributed by atoms with E-state index in [1.807, 2.05) is 36.4 Å². The Morgan fingerprint density at radius 3 is 2.83 bits per heavy atom. The number of hydrogen-bond acceptors (Lipinski definition) is 3. The lowest BCUT2D eigenvalue weighted by atomic mass is 10.1. The molecule has 0 aliphatic carbocycles. The molecule has 88 valence electrons. The second-order valence-corrected chi connectivity index (χ2v) is 4.44. The monoisotopic (exact) mass is 255 g/mol. The van der Waals surface area contributed by atoms with Crippen LogP contribution in [0.1, 0.15) is 0 Å². The van der Waals surface area contributed by atoms with Crippen LogP contribution in [0.25, 0.3) is 22.0 Å². The average molecular weight is 256 g/mol. The molecule has 0 amide bonds. The van der Waals surface area contributed by atoms with Gasteiger partial charge in [0.2, 0.25) is 0 Å². The summed E-state index contributed by atoms with van der Waals surface area (Å²) in [6, 6.07) is 11.5. The Hall–Kier alpha value is -2.13. The van der Waals surface area contributed by atoms with Crippen LogP contribution in [0.15, 0.2) is 48.8 Å². The Kier molecular flexibility index (Phi) is 2.61. The van der Waals surface area contributed by atoms with Crippen LogP contribution >= 0.6 is 11.6 Å². The second-order valence-electron chi connectivity index (χ2n) is 4.00. The molecule has 0 unspecified atom stereocenters. The minimum absolute atomic E-state index is 0.482. The molecule has 3 nitrogen and oxygen atoms in total. The summed E-state index contributed by atoms with van der Waals surface area (Å²) in [5, 5.41) is 2.57. The topological polar surface area (TPSA) is 51.8 Å². The quantitative estimate of drug-likeness (QED) is 0.724. The number of pyridine rings is 2. The Labute approximate surface area is 109 Å². The molecule has 3 aromatic rings. The Balaban J connectivity index is 2.24. The number of hydrogen-bond donors (Lipinski definition) is 1. The number of halogens is 1. The van der Waals surface area contributed by atoms with Gasteiger partial charge in [0, 0.05) is 28.4 Å². The number of nitrogens with zero attached hydrogens (tertiary/aromatic N) is 2. The third-order valence-electron chi connectivity index (χ3n) is 2.78. The molecule has 18 heavy (non-hydrogen) atoms. The summed E-state index contributed by atoms with van der Waals surface area (Å²) < 4.78 is 0. The maximum atomic E-state index is 5.98. The van der Waals surface area contributed by atoms with E-state index in [4.69, 9.17) is 17.3 Å². The van der Waals surface area contributed by atoms with Crippen LogP contribution in [0.2, 0.25) is 5.02 Å². The fourth-order valence-electron chi connectivity index (χ4n) is 1.91. The molecule has 0 spiro atoms. The maximum absolute atomic E-state index is 5.98. The normalized spacial score (nSPS) is 10.7. The van der Waals surface area contributed by atoms with E-state index < -0.39 is 0 Å². The zero-order chi connectivity index (χ0) is 12.5. The predicted molar refractivity (Wildman–Crippen MR) is 74.4 cm³/mol. The van der Waals surface area contributed by atoms with Gasteiger partial charge >= 0.3 is 0 Å². The third-order valence-corrected chi connectivity index (χ3v) is 3.02. The number of anilines is 1. The molecule has 0 aliphatic rings. The molecule has 0 atom stereocenters. The van der Waals surface area contributed by atoms with Crippen molar-refractivity contribution in [3.05, 3.63) is 53.8 Å². The van der Waals surface area contributed by atoms with Gasteiger partial charge in [-0.3, -0.25) is 4.98 Å². The summed E-state index contributed by atoms with van der Waals surface area (Å²) in [4.78, 5) is 8.44. The summed E-state index contributed by atoms with van der Waals surface area (Å²) in [6.45, 7) is 0. The van der Waals surface area contributed by atoms with Crippen LogP contribution < -0.4 is 5.73 Å². The molecule has 1 aromatic carbocycles. The lowest BCUT2D eigenvalue weighted by Crippen LogP contribution is -1.94. The minimum atomic E-state index is 0.482. The number of rotatable bonds is 1. The molecule has 0 radical (unpaired) electrons. The summed E-state index contributed by atoms with van der Waals surface area (Å²) in [5.41, 5.74) is 7.71. The first-order chi connectivity index (χ1) is 8.74. The van der Waals surface area contributed by atoms with E-state index in [2.05, 4.69) is 9.97 Å². The smallest absolute Gasteiger partial charge is 0.133 e. The first-order valence-corrected chi connectivity index (χ1v) is 5.88. The molecular weight excluding hydrogens is 246 g/mol. The van der Waals surface area contributed by atoms with Crippen LogP contribution in [-0.2, 0) is 0 Å². The van der Waals surface area contributed by atoms with Crippen LogP contribution in [-0.4, -0.2) is 9.97 Å². The van der Waals surface area contributed by atoms with Crippen LogP contribution in [0.3, 0.4) is 0 Å². The Morgan fingerprint density at radius 2 is 2.00 bits per heavy atom. The Morgan fingerprint density at radius 1 is 1.11 bits per heavy atom.